The molecule has 1 aromatic carbocycles. The molecular weight excluding hydrogens is 222 g/mol. The predicted octanol–water partition coefficient (Wildman–Crippen LogP) is 2.56. The normalized spacial score (nSPS) is 9.88. The second kappa shape index (κ2) is 5.79. The first-order valence-corrected chi connectivity index (χ1v) is 5.15. The average Bonchev–Trinajstić information content (AvgIpc) is 2.29. The molecule has 0 heterocycles. The van der Waals surface area contributed by atoms with Crippen LogP contribution < -0.4 is 0 Å². The average molecular weight is 235 g/mol. The van der Waals surface area contributed by atoms with E-state index in [1.807, 2.05) is 0 Å². The molecule has 0 aliphatic heterocycles. The fourth-order valence-electron chi connectivity index (χ4n) is 1.40. The molecule has 0 amide bonds. The molecule has 5 nitrogen and oxygen atoms in total. The number of benzene rings is 1. The second-order valence-corrected chi connectivity index (χ2v) is 3.69. The Balaban J connectivity index is 2.45. The van der Waals surface area contributed by atoms with Gasteiger partial charge in [0.1, 0.15) is 0 Å². The van der Waals surface area contributed by atoms with Crippen molar-refractivity contribution in [3.8, 4) is 0 Å². The van der Waals surface area contributed by atoms with Crippen molar-refractivity contribution in [2.45, 2.75) is 19.3 Å². The number of nitro benzene ring substituents is 1. The molecule has 0 fully saturated rings. The van der Waals surface area contributed by atoms with E-state index in [0.29, 0.717) is 19.3 Å². The third-order valence-corrected chi connectivity index (χ3v) is 2.39. The van der Waals surface area contributed by atoms with Crippen molar-refractivity contribution in [3.63, 3.8) is 0 Å². The summed E-state index contributed by atoms with van der Waals surface area (Å²) in [6, 6.07) is 6.26. The van der Waals surface area contributed by atoms with Gasteiger partial charge in [0.25, 0.3) is 5.69 Å². The molecule has 0 saturated carbocycles. The van der Waals surface area contributed by atoms with E-state index in [1.165, 1.54) is 12.1 Å². The van der Waals surface area contributed by atoms with Crippen LogP contribution >= 0.6 is 0 Å². The fourth-order valence-corrected chi connectivity index (χ4v) is 1.40. The van der Waals surface area contributed by atoms with E-state index in [-0.39, 0.29) is 11.3 Å². The van der Waals surface area contributed by atoms with Crippen molar-refractivity contribution in [1.29, 1.82) is 0 Å². The number of hydrogen-bond donors (Lipinski definition) is 1. The molecule has 0 aromatic heterocycles. The number of carboxylic acid groups (broad SMARTS) is 1. The quantitative estimate of drug-likeness (QED) is 0.466. The molecule has 5 heteroatoms. The molecular formula is C12H13NO4. The van der Waals surface area contributed by atoms with Crippen LogP contribution in [0.25, 0.3) is 0 Å². The SMILES string of the molecule is C=C(CCCc1ccc([N+](=O)[O-])cc1)C(=O)O. The van der Waals surface area contributed by atoms with Crippen molar-refractivity contribution in [3.05, 3.63) is 52.1 Å². The Morgan fingerprint density at radius 1 is 1.35 bits per heavy atom. The minimum absolute atomic E-state index is 0.0590. The van der Waals surface area contributed by atoms with Crippen LogP contribution in [0, 0.1) is 10.1 Å². The van der Waals surface area contributed by atoms with Crippen molar-refractivity contribution >= 4 is 11.7 Å². The minimum atomic E-state index is -0.978. The maximum atomic E-state index is 10.5. The lowest BCUT2D eigenvalue weighted by molar-refractivity contribution is -0.384. The highest BCUT2D eigenvalue weighted by atomic mass is 16.6. The lowest BCUT2D eigenvalue weighted by Gasteiger charge is -2.01. The van der Waals surface area contributed by atoms with Crippen LogP contribution in [0.3, 0.4) is 0 Å². The number of aliphatic carboxylic acids is 1. The molecule has 0 atom stereocenters. The summed E-state index contributed by atoms with van der Waals surface area (Å²) in [5, 5.41) is 19.0. The summed E-state index contributed by atoms with van der Waals surface area (Å²) in [7, 11) is 0. The van der Waals surface area contributed by atoms with Crippen LogP contribution in [0.4, 0.5) is 5.69 Å². The molecule has 1 aromatic rings. The Morgan fingerprint density at radius 2 is 1.94 bits per heavy atom. The third kappa shape index (κ3) is 4.06. The Kier molecular flexibility index (Phi) is 4.39. The zero-order valence-corrected chi connectivity index (χ0v) is 9.26. The summed E-state index contributed by atoms with van der Waals surface area (Å²) < 4.78 is 0. The maximum absolute atomic E-state index is 10.5. The van der Waals surface area contributed by atoms with Crippen LogP contribution in [0.15, 0.2) is 36.4 Å². The van der Waals surface area contributed by atoms with Crippen LogP contribution in [-0.2, 0) is 11.2 Å². The number of non-ortho nitro benzene ring substituents is 1. The van der Waals surface area contributed by atoms with Crippen LogP contribution in [0.5, 0.6) is 0 Å². The number of carbonyl (C=O) groups is 1. The van der Waals surface area contributed by atoms with E-state index >= 15 is 0 Å². The first-order chi connectivity index (χ1) is 8.00. The zero-order valence-electron chi connectivity index (χ0n) is 9.26. The highest BCUT2D eigenvalue weighted by molar-refractivity contribution is 5.85. The van der Waals surface area contributed by atoms with Gasteiger partial charge in [0.05, 0.1) is 4.92 Å². The third-order valence-electron chi connectivity index (χ3n) is 2.39. The van der Waals surface area contributed by atoms with Crippen LogP contribution in [0.2, 0.25) is 0 Å². The second-order valence-electron chi connectivity index (χ2n) is 3.69. The zero-order chi connectivity index (χ0) is 12.8. The Morgan fingerprint density at radius 3 is 2.41 bits per heavy atom. The van der Waals surface area contributed by atoms with E-state index < -0.39 is 10.9 Å². The molecule has 90 valence electrons. The number of aryl methyl sites for hydroxylation is 1. The Hall–Kier alpha value is -2.17. The van der Waals surface area contributed by atoms with E-state index in [1.54, 1.807) is 12.1 Å². The Labute approximate surface area is 98.5 Å². The van der Waals surface area contributed by atoms with Gasteiger partial charge in [-0.2, -0.15) is 0 Å². The van der Waals surface area contributed by atoms with Crippen LogP contribution in [-0.4, -0.2) is 16.0 Å². The first-order valence-electron chi connectivity index (χ1n) is 5.15. The van der Waals surface area contributed by atoms with Gasteiger partial charge in [0.2, 0.25) is 0 Å². The van der Waals surface area contributed by atoms with Gasteiger partial charge in [-0.05, 0) is 24.8 Å². The van der Waals surface area contributed by atoms with E-state index in [9.17, 15) is 14.9 Å². The molecule has 17 heavy (non-hydrogen) atoms. The van der Waals surface area contributed by atoms with Gasteiger partial charge in [-0.1, -0.05) is 18.7 Å². The molecule has 0 aliphatic carbocycles. The Bertz CT molecular complexity index is 436. The number of hydrogen-bond acceptors (Lipinski definition) is 3. The smallest absolute Gasteiger partial charge is 0.330 e. The number of rotatable bonds is 6. The fraction of sp³-hybridized carbons (Fsp3) is 0.250. The van der Waals surface area contributed by atoms with Gasteiger partial charge in [0, 0.05) is 17.7 Å². The van der Waals surface area contributed by atoms with Gasteiger partial charge in [-0.25, -0.2) is 4.79 Å². The lowest BCUT2D eigenvalue weighted by atomic mass is 10.0. The topological polar surface area (TPSA) is 80.4 Å². The van der Waals surface area contributed by atoms with E-state index in [0.717, 1.165) is 5.56 Å². The molecule has 0 unspecified atom stereocenters. The van der Waals surface area contributed by atoms with Gasteiger partial charge in [-0.3, -0.25) is 10.1 Å². The lowest BCUT2D eigenvalue weighted by Crippen LogP contribution is -1.99. The standard InChI is InChI=1S/C12H13NO4/c1-9(12(14)15)3-2-4-10-5-7-11(8-6-10)13(16)17/h5-8H,1-4H2,(H,14,15). The van der Waals surface area contributed by atoms with Crippen LogP contribution in [0.1, 0.15) is 18.4 Å². The summed E-state index contributed by atoms with van der Waals surface area (Å²) in [6.45, 7) is 3.43. The van der Waals surface area contributed by atoms with E-state index in [4.69, 9.17) is 5.11 Å². The largest absolute Gasteiger partial charge is 0.478 e. The number of nitro groups is 1. The first kappa shape index (κ1) is 12.9. The molecule has 0 spiro atoms. The van der Waals surface area contributed by atoms with Crippen molar-refractivity contribution in [1.82, 2.24) is 0 Å². The van der Waals surface area contributed by atoms with Crippen molar-refractivity contribution in [2.75, 3.05) is 0 Å². The van der Waals surface area contributed by atoms with Crippen molar-refractivity contribution in [2.24, 2.45) is 0 Å². The summed E-state index contributed by atoms with van der Waals surface area (Å²) in [4.78, 5) is 20.5. The number of nitrogens with zero attached hydrogens (tertiary/aromatic N) is 1. The molecule has 1 rings (SSSR count). The maximum Gasteiger partial charge on any atom is 0.330 e. The van der Waals surface area contributed by atoms with Gasteiger partial charge in [-0.15, -0.1) is 0 Å². The summed E-state index contributed by atoms with van der Waals surface area (Å²) >= 11 is 0. The monoisotopic (exact) mass is 235 g/mol. The predicted molar refractivity (Wildman–Crippen MR) is 62.8 cm³/mol. The minimum Gasteiger partial charge on any atom is -0.478 e. The van der Waals surface area contributed by atoms with Gasteiger partial charge < -0.3 is 5.11 Å². The highest BCUT2D eigenvalue weighted by Gasteiger charge is 2.05. The summed E-state index contributed by atoms with van der Waals surface area (Å²) in [5.74, 6) is -0.978. The molecule has 0 radical (unpaired) electrons. The molecule has 0 aliphatic rings. The molecule has 1 N–H and O–H groups in total. The van der Waals surface area contributed by atoms with E-state index in [2.05, 4.69) is 6.58 Å². The van der Waals surface area contributed by atoms with Gasteiger partial charge in [0.15, 0.2) is 0 Å². The summed E-state index contributed by atoms with van der Waals surface area (Å²) in [6.07, 6.45) is 1.78. The molecule has 0 saturated heterocycles. The summed E-state index contributed by atoms with van der Waals surface area (Å²) in [5.41, 5.74) is 1.20. The highest BCUT2D eigenvalue weighted by Crippen LogP contribution is 2.14. The molecule has 0 bridgehead atoms. The van der Waals surface area contributed by atoms with Crippen molar-refractivity contribution < 1.29 is 14.8 Å². The van der Waals surface area contributed by atoms with Gasteiger partial charge >= 0.3 is 5.97 Å². The number of carboxylic acids is 1.